The van der Waals surface area contributed by atoms with Gasteiger partial charge in [0.15, 0.2) is 5.82 Å². The van der Waals surface area contributed by atoms with Crippen molar-refractivity contribution >= 4 is 5.91 Å². The van der Waals surface area contributed by atoms with Crippen LogP contribution < -0.4 is 0 Å². The minimum atomic E-state index is -0.0137. The summed E-state index contributed by atoms with van der Waals surface area (Å²) in [7, 11) is 0. The second-order valence-corrected chi connectivity index (χ2v) is 4.45. The summed E-state index contributed by atoms with van der Waals surface area (Å²) >= 11 is 0. The van der Waals surface area contributed by atoms with E-state index in [9.17, 15) is 4.79 Å². The first-order chi connectivity index (χ1) is 8.34. The number of morpholine rings is 1. The molecule has 1 unspecified atom stereocenters. The van der Waals surface area contributed by atoms with Crippen LogP contribution in [0.2, 0.25) is 0 Å². The fourth-order valence-electron chi connectivity index (χ4n) is 2.46. The SMILES string of the molecule is O=C(c1ncc[nH]1)N1CCN2CCOCC2C1. The van der Waals surface area contributed by atoms with Crippen LogP contribution in [0.3, 0.4) is 0 Å². The zero-order valence-corrected chi connectivity index (χ0v) is 9.63. The molecule has 1 aromatic rings. The Labute approximate surface area is 99.6 Å². The van der Waals surface area contributed by atoms with Crippen LogP contribution >= 0.6 is 0 Å². The molecule has 2 aliphatic heterocycles. The first kappa shape index (κ1) is 10.7. The average molecular weight is 236 g/mol. The van der Waals surface area contributed by atoms with E-state index in [-0.39, 0.29) is 5.91 Å². The van der Waals surface area contributed by atoms with Gasteiger partial charge in [-0.15, -0.1) is 0 Å². The fourth-order valence-corrected chi connectivity index (χ4v) is 2.46. The van der Waals surface area contributed by atoms with Gasteiger partial charge in [-0.2, -0.15) is 0 Å². The van der Waals surface area contributed by atoms with Crippen LogP contribution in [0.1, 0.15) is 10.6 Å². The van der Waals surface area contributed by atoms with Gasteiger partial charge in [0.2, 0.25) is 0 Å². The molecular weight excluding hydrogens is 220 g/mol. The highest BCUT2D eigenvalue weighted by atomic mass is 16.5. The zero-order chi connectivity index (χ0) is 11.7. The van der Waals surface area contributed by atoms with Crippen LogP contribution in [0.4, 0.5) is 0 Å². The molecule has 0 saturated carbocycles. The number of rotatable bonds is 1. The van der Waals surface area contributed by atoms with Crippen LogP contribution in [-0.4, -0.2) is 71.1 Å². The third-order valence-corrected chi connectivity index (χ3v) is 3.43. The van der Waals surface area contributed by atoms with E-state index in [1.165, 1.54) is 0 Å². The number of nitrogens with zero attached hydrogens (tertiary/aromatic N) is 3. The van der Waals surface area contributed by atoms with Gasteiger partial charge in [-0.05, 0) is 0 Å². The van der Waals surface area contributed by atoms with Gasteiger partial charge in [-0.3, -0.25) is 9.69 Å². The number of H-pyrrole nitrogens is 1. The third-order valence-electron chi connectivity index (χ3n) is 3.43. The van der Waals surface area contributed by atoms with E-state index in [0.29, 0.717) is 11.9 Å². The van der Waals surface area contributed by atoms with Crippen molar-refractivity contribution in [3.63, 3.8) is 0 Å². The van der Waals surface area contributed by atoms with Gasteiger partial charge < -0.3 is 14.6 Å². The summed E-state index contributed by atoms with van der Waals surface area (Å²) in [5, 5.41) is 0. The Morgan fingerprint density at radius 3 is 3.24 bits per heavy atom. The summed E-state index contributed by atoms with van der Waals surface area (Å²) in [6.45, 7) is 4.95. The van der Waals surface area contributed by atoms with E-state index in [1.54, 1.807) is 12.4 Å². The minimum Gasteiger partial charge on any atom is -0.378 e. The van der Waals surface area contributed by atoms with Crippen molar-refractivity contribution in [3.05, 3.63) is 18.2 Å². The normalized spacial score (nSPS) is 25.6. The Hall–Kier alpha value is -1.40. The fraction of sp³-hybridized carbons (Fsp3) is 0.636. The van der Waals surface area contributed by atoms with E-state index in [0.717, 1.165) is 39.4 Å². The van der Waals surface area contributed by atoms with E-state index in [2.05, 4.69) is 14.9 Å². The predicted octanol–water partition coefficient (Wildman–Crippen LogP) is -0.434. The number of carbonyl (C=O) groups is 1. The Balaban J connectivity index is 1.67. The smallest absolute Gasteiger partial charge is 0.289 e. The van der Waals surface area contributed by atoms with E-state index in [4.69, 9.17) is 4.74 Å². The number of fused-ring (bicyclic) bond motifs is 1. The maximum absolute atomic E-state index is 12.1. The average Bonchev–Trinajstić information content (AvgIpc) is 2.91. The lowest BCUT2D eigenvalue weighted by atomic mass is 10.1. The first-order valence-corrected chi connectivity index (χ1v) is 5.95. The minimum absolute atomic E-state index is 0.0137. The van der Waals surface area contributed by atoms with Crippen LogP contribution in [-0.2, 0) is 4.74 Å². The Kier molecular flexibility index (Phi) is 2.82. The summed E-state index contributed by atoms with van der Waals surface area (Å²) in [6, 6.07) is 0.344. The molecule has 1 aromatic heterocycles. The van der Waals surface area contributed by atoms with Gasteiger partial charge in [-0.25, -0.2) is 4.98 Å². The number of amides is 1. The van der Waals surface area contributed by atoms with E-state index < -0.39 is 0 Å². The molecule has 3 rings (SSSR count). The van der Waals surface area contributed by atoms with Gasteiger partial charge in [0.1, 0.15) is 0 Å². The standard InChI is InChI=1S/C11H16N4O2/c16-11(10-12-1-2-13-10)15-4-3-14-5-6-17-8-9(14)7-15/h1-2,9H,3-8H2,(H,12,13). The largest absolute Gasteiger partial charge is 0.378 e. The van der Waals surface area contributed by atoms with Crippen molar-refractivity contribution in [3.8, 4) is 0 Å². The molecular formula is C11H16N4O2. The van der Waals surface area contributed by atoms with Crippen LogP contribution in [0, 0.1) is 0 Å². The third kappa shape index (κ3) is 2.05. The Bertz CT molecular complexity index is 392. The predicted molar refractivity (Wildman–Crippen MR) is 60.7 cm³/mol. The molecule has 0 aromatic carbocycles. The number of aromatic amines is 1. The molecule has 2 fully saturated rings. The molecule has 0 spiro atoms. The van der Waals surface area contributed by atoms with E-state index in [1.807, 2.05) is 4.90 Å². The van der Waals surface area contributed by atoms with Gasteiger partial charge in [0.05, 0.1) is 19.3 Å². The molecule has 2 aliphatic rings. The molecule has 0 radical (unpaired) electrons. The van der Waals surface area contributed by atoms with Crippen molar-refractivity contribution in [1.29, 1.82) is 0 Å². The second-order valence-electron chi connectivity index (χ2n) is 4.45. The Morgan fingerprint density at radius 2 is 2.41 bits per heavy atom. The molecule has 17 heavy (non-hydrogen) atoms. The van der Waals surface area contributed by atoms with Crippen LogP contribution in [0.25, 0.3) is 0 Å². The number of imidazole rings is 1. The molecule has 1 atom stereocenters. The highest BCUT2D eigenvalue weighted by Crippen LogP contribution is 2.14. The summed E-state index contributed by atoms with van der Waals surface area (Å²) in [5.41, 5.74) is 0. The maximum atomic E-state index is 12.1. The second kappa shape index (κ2) is 4.46. The summed E-state index contributed by atoms with van der Waals surface area (Å²) in [6.07, 6.45) is 3.28. The summed E-state index contributed by atoms with van der Waals surface area (Å²) < 4.78 is 5.45. The summed E-state index contributed by atoms with van der Waals surface area (Å²) in [4.78, 5) is 23.2. The molecule has 0 bridgehead atoms. The quantitative estimate of drug-likeness (QED) is 0.718. The monoisotopic (exact) mass is 236 g/mol. The van der Waals surface area contributed by atoms with Crippen molar-refractivity contribution in [2.75, 3.05) is 39.4 Å². The molecule has 2 saturated heterocycles. The van der Waals surface area contributed by atoms with Gasteiger partial charge in [0.25, 0.3) is 5.91 Å². The van der Waals surface area contributed by atoms with Crippen molar-refractivity contribution in [1.82, 2.24) is 19.8 Å². The van der Waals surface area contributed by atoms with Crippen molar-refractivity contribution < 1.29 is 9.53 Å². The lowest BCUT2D eigenvalue weighted by Gasteiger charge is -2.43. The first-order valence-electron chi connectivity index (χ1n) is 5.95. The summed E-state index contributed by atoms with van der Waals surface area (Å²) in [5.74, 6) is 0.412. The van der Waals surface area contributed by atoms with E-state index >= 15 is 0 Å². The maximum Gasteiger partial charge on any atom is 0.289 e. The van der Waals surface area contributed by atoms with Gasteiger partial charge in [0, 0.05) is 38.6 Å². The lowest BCUT2D eigenvalue weighted by Crippen LogP contribution is -2.59. The molecule has 3 heterocycles. The lowest BCUT2D eigenvalue weighted by molar-refractivity contribution is -0.0396. The number of carbonyl (C=O) groups excluding carboxylic acids is 1. The van der Waals surface area contributed by atoms with Gasteiger partial charge in [-0.1, -0.05) is 0 Å². The number of hydrogen-bond acceptors (Lipinski definition) is 4. The number of hydrogen-bond donors (Lipinski definition) is 1. The van der Waals surface area contributed by atoms with Crippen LogP contribution in [0.5, 0.6) is 0 Å². The topological polar surface area (TPSA) is 61.5 Å². The van der Waals surface area contributed by atoms with Crippen molar-refractivity contribution in [2.24, 2.45) is 0 Å². The van der Waals surface area contributed by atoms with Crippen LogP contribution in [0.15, 0.2) is 12.4 Å². The number of nitrogens with one attached hydrogen (secondary N) is 1. The number of piperazine rings is 1. The molecule has 0 aliphatic carbocycles. The highest BCUT2D eigenvalue weighted by molar-refractivity contribution is 5.90. The Morgan fingerprint density at radius 1 is 1.47 bits per heavy atom. The number of aromatic nitrogens is 2. The zero-order valence-electron chi connectivity index (χ0n) is 9.63. The molecule has 92 valence electrons. The molecule has 1 N–H and O–H groups in total. The highest BCUT2D eigenvalue weighted by Gasteiger charge is 2.32. The molecule has 1 amide bonds. The van der Waals surface area contributed by atoms with Gasteiger partial charge >= 0.3 is 0 Å². The van der Waals surface area contributed by atoms with Crippen molar-refractivity contribution in [2.45, 2.75) is 6.04 Å². The molecule has 6 heteroatoms. The number of ether oxygens (including phenoxy) is 1. The molecule has 6 nitrogen and oxygen atoms in total.